The van der Waals surface area contributed by atoms with Gasteiger partial charge in [-0.25, -0.2) is 0 Å². The highest BCUT2D eigenvalue weighted by atomic mass is 32.1. The fourth-order valence-electron chi connectivity index (χ4n) is 1.25. The van der Waals surface area contributed by atoms with Crippen LogP contribution in [0.2, 0.25) is 0 Å². The Labute approximate surface area is 95.2 Å². The summed E-state index contributed by atoms with van der Waals surface area (Å²) in [6, 6.07) is 0. The van der Waals surface area contributed by atoms with E-state index in [0.717, 1.165) is 5.75 Å². The van der Waals surface area contributed by atoms with Gasteiger partial charge in [-0.2, -0.15) is 12.6 Å². The van der Waals surface area contributed by atoms with Crippen molar-refractivity contribution >= 4 is 21.3 Å². The summed E-state index contributed by atoms with van der Waals surface area (Å²) in [7, 11) is -1.50. The summed E-state index contributed by atoms with van der Waals surface area (Å²) < 4.78 is 8.57. The van der Waals surface area contributed by atoms with Gasteiger partial charge in [0.15, 0.2) is 8.69 Å². The van der Waals surface area contributed by atoms with E-state index >= 15 is 0 Å². The van der Waals surface area contributed by atoms with Crippen molar-refractivity contribution in [3.05, 3.63) is 0 Å². The minimum atomic E-state index is -1.50. The summed E-state index contributed by atoms with van der Waals surface area (Å²) in [6.07, 6.45) is 11.2. The molecule has 0 bridgehead atoms. The Kier molecular flexibility index (Phi) is 23.2. The van der Waals surface area contributed by atoms with Gasteiger partial charge in [-0.3, -0.25) is 4.57 Å². The van der Waals surface area contributed by atoms with E-state index in [1.54, 1.807) is 0 Å². The van der Waals surface area contributed by atoms with Crippen molar-refractivity contribution in [1.29, 1.82) is 0 Å². The molecule has 0 aromatic carbocycles. The van der Waals surface area contributed by atoms with Gasteiger partial charge in [-0.05, 0) is 12.2 Å². The predicted octanol–water partition coefficient (Wildman–Crippen LogP) is 3.71. The van der Waals surface area contributed by atoms with E-state index < -0.39 is 8.69 Å². The molecule has 0 aliphatic heterocycles. The topological polar surface area (TPSA) is 37.3 Å². The van der Waals surface area contributed by atoms with Crippen molar-refractivity contribution in [2.24, 2.45) is 0 Å². The van der Waals surface area contributed by atoms with Crippen LogP contribution in [0.1, 0.15) is 58.3 Å². The van der Waals surface area contributed by atoms with E-state index in [0.29, 0.717) is 0 Å². The van der Waals surface area contributed by atoms with Crippen LogP contribution in [0.15, 0.2) is 0 Å². The van der Waals surface area contributed by atoms with Gasteiger partial charge in [-0.15, -0.1) is 0 Å². The number of hydrogen-bond acceptors (Lipinski definition) is 2. The second-order valence-corrected chi connectivity index (χ2v) is 3.96. The van der Waals surface area contributed by atoms with E-state index in [-0.39, 0.29) is 0 Å². The molecule has 0 rings (SSSR count). The molecule has 0 aromatic rings. The van der Waals surface area contributed by atoms with Crippen LogP contribution in [0.3, 0.4) is 0 Å². The molecule has 14 heavy (non-hydrogen) atoms. The Balaban J connectivity index is 0. The number of thiol groups is 1. The SMILES string of the molecule is CCCCCCCCCCS.O=[PH2]O. The largest absolute Gasteiger partial charge is 0.348 e. The average Bonchev–Trinajstić information content (AvgIpc) is 2.18. The third-order valence-electron chi connectivity index (χ3n) is 2.01. The first-order chi connectivity index (χ1) is 6.83. The Hall–Kier alpha value is 0.540. The van der Waals surface area contributed by atoms with Crippen LogP contribution in [-0.2, 0) is 4.57 Å². The van der Waals surface area contributed by atoms with Gasteiger partial charge in [0.1, 0.15) is 0 Å². The van der Waals surface area contributed by atoms with Crippen molar-refractivity contribution in [1.82, 2.24) is 0 Å². The molecular weight excluding hydrogens is 215 g/mol. The van der Waals surface area contributed by atoms with Gasteiger partial charge in [-0.1, -0.05) is 51.9 Å². The first-order valence-corrected chi connectivity index (χ1v) is 7.14. The summed E-state index contributed by atoms with van der Waals surface area (Å²) in [4.78, 5) is 7.10. The van der Waals surface area contributed by atoms with Gasteiger partial charge in [0.25, 0.3) is 0 Å². The van der Waals surface area contributed by atoms with Gasteiger partial charge in [0, 0.05) is 0 Å². The quantitative estimate of drug-likeness (QED) is 0.385. The highest BCUT2D eigenvalue weighted by Crippen LogP contribution is 2.08. The fraction of sp³-hybridized carbons (Fsp3) is 1.00. The van der Waals surface area contributed by atoms with Gasteiger partial charge in [0.2, 0.25) is 0 Å². The monoisotopic (exact) mass is 240 g/mol. The molecule has 0 radical (unpaired) electrons. The zero-order valence-electron chi connectivity index (χ0n) is 9.24. The molecule has 0 aliphatic rings. The summed E-state index contributed by atoms with van der Waals surface area (Å²) in [5.41, 5.74) is 0. The third-order valence-corrected chi connectivity index (χ3v) is 2.33. The maximum Gasteiger partial charge on any atom is 0.177 e. The van der Waals surface area contributed by atoms with Gasteiger partial charge >= 0.3 is 0 Å². The molecule has 88 valence electrons. The lowest BCUT2D eigenvalue weighted by Gasteiger charge is -1.98. The van der Waals surface area contributed by atoms with Gasteiger partial charge in [0.05, 0.1) is 0 Å². The van der Waals surface area contributed by atoms with Crippen LogP contribution in [-0.4, -0.2) is 10.6 Å². The summed E-state index contributed by atoms with van der Waals surface area (Å²) in [5.74, 6) is 1.06. The Morgan fingerprint density at radius 2 is 1.36 bits per heavy atom. The van der Waals surface area contributed by atoms with Crippen LogP contribution >= 0.6 is 21.3 Å². The fourth-order valence-corrected chi connectivity index (χ4v) is 1.47. The molecule has 0 saturated carbocycles. The zero-order valence-corrected chi connectivity index (χ0v) is 11.3. The third kappa shape index (κ3) is 22.9. The van der Waals surface area contributed by atoms with Crippen LogP contribution in [0.4, 0.5) is 0 Å². The van der Waals surface area contributed by atoms with Crippen LogP contribution < -0.4 is 0 Å². The maximum absolute atomic E-state index is 8.57. The summed E-state index contributed by atoms with van der Waals surface area (Å²) in [5, 5.41) is 0. The molecule has 1 atom stereocenters. The minimum absolute atomic E-state index is 1.06. The van der Waals surface area contributed by atoms with Crippen molar-refractivity contribution in [3.63, 3.8) is 0 Å². The molecule has 0 aromatic heterocycles. The molecule has 4 heteroatoms. The van der Waals surface area contributed by atoms with E-state index in [2.05, 4.69) is 19.6 Å². The van der Waals surface area contributed by atoms with Crippen molar-refractivity contribution in [2.75, 3.05) is 5.75 Å². The van der Waals surface area contributed by atoms with Crippen molar-refractivity contribution in [2.45, 2.75) is 58.3 Å². The lowest BCUT2D eigenvalue weighted by molar-refractivity contribution is 0.524. The zero-order chi connectivity index (χ0) is 11.1. The summed E-state index contributed by atoms with van der Waals surface area (Å²) >= 11 is 4.18. The molecular formula is C10H25O2PS. The second-order valence-electron chi connectivity index (χ2n) is 3.30. The highest BCUT2D eigenvalue weighted by Gasteiger charge is 1.89. The number of rotatable bonds is 8. The molecule has 0 saturated heterocycles. The lowest BCUT2D eigenvalue weighted by Crippen LogP contribution is -1.80. The average molecular weight is 240 g/mol. The summed E-state index contributed by atoms with van der Waals surface area (Å²) in [6.45, 7) is 2.26. The smallest absolute Gasteiger partial charge is 0.177 e. The van der Waals surface area contributed by atoms with E-state index in [4.69, 9.17) is 9.46 Å². The molecule has 0 spiro atoms. The normalized spacial score (nSPS) is 10.2. The predicted molar refractivity (Wildman–Crippen MR) is 69.1 cm³/mol. The minimum Gasteiger partial charge on any atom is -0.348 e. The van der Waals surface area contributed by atoms with Gasteiger partial charge < -0.3 is 4.89 Å². The first kappa shape index (κ1) is 17.0. The van der Waals surface area contributed by atoms with E-state index in [9.17, 15) is 0 Å². The lowest BCUT2D eigenvalue weighted by atomic mass is 10.1. The Bertz CT molecular complexity index is 94.1. The number of hydrogen-bond donors (Lipinski definition) is 2. The molecule has 1 N–H and O–H groups in total. The van der Waals surface area contributed by atoms with Crippen LogP contribution in [0.5, 0.6) is 0 Å². The first-order valence-electron chi connectivity index (χ1n) is 5.52. The molecule has 0 heterocycles. The number of unbranched alkanes of at least 4 members (excludes halogenated alkanes) is 7. The molecule has 0 fully saturated rings. The van der Waals surface area contributed by atoms with Crippen molar-refractivity contribution < 1.29 is 9.46 Å². The Morgan fingerprint density at radius 1 is 1.00 bits per heavy atom. The maximum atomic E-state index is 8.57. The van der Waals surface area contributed by atoms with Crippen LogP contribution in [0, 0.1) is 0 Å². The second kappa shape index (κ2) is 19.2. The molecule has 1 unspecified atom stereocenters. The standard InChI is InChI=1S/C10H22S.H3O2P/c1-2-3-4-5-6-7-8-9-10-11;1-3-2/h11H,2-10H2,1H3;3H2,(H,1,2). The highest BCUT2D eigenvalue weighted by molar-refractivity contribution is 7.80. The molecule has 0 aliphatic carbocycles. The Morgan fingerprint density at radius 3 is 1.71 bits per heavy atom. The van der Waals surface area contributed by atoms with Crippen molar-refractivity contribution in [3.8, 4) is 0 Å². The van der Waals surface area contributed by atoms with E-state index in [1.165, 1.54) is 51.4 Å². The molecule has 2 nitrogen and oxygen atoms in total. The van der Waals surface area contributed by atoms with Crippen LogP contribution in [0.25, 0.3) is 0 Å². The van der Waals surface area contributed by atoms with E-state index in [1.807, 2.05) is 0 Å². The molecule has 0 amide bonds.